The molecule has 0 aromatic heterocycles. The second kappa shape index (κ2) is 13.4. The van der Waals surface area contributed by atoms with Gasteiger partial charge in [-0.25, -0.2) is 0 Å². The van der Waals surface area contributed by atoms with E-state index in [9.17, 15) is 19.5 Å². The van der Waals surface area contributed by atoms with Crippen molar-refractivity contribution >= 4 is 17.7 Å². The van der Waals surface area contributed by atoms with Crippen molar-refractivity contribution in [2.75, 3.05) is 19.7 Å². The van der Waals surface area contributed by atoms with Gasteiger partial charge in [0.05, 0.1) is 18.7 Å². The van der Waals surface area contributed by atoms with E-state index >= 15 is 0 Å². The molecule has 8 heteroatoms. The van der Waals surface area contributed by atoms with Crippen molar-refractivity contribution in [1.29, 1.82) is 0 Å². The Hall–Kier alpha value is -3.23. The van der Waals surface area contributed by atoms with E-state index in [-0.39, 0.29) is 42.8 Å². The Labute approximate surface area is 218 Å². The molecule has 0 aliphatic carbocycles. The van der Waals surface area contributed by atoms with Gasteiger partial charge in [-0.1, -0.05) is 60.7 Å². The Morgan fingerprint density at radius 3 is 2.22 bits per heavy atom. The Kier molecular flexibility index (Phi) is 9.68. The molecule has 3 amide bonds. The van der Waals surface area contributed by atoms with Crippen LogP contribution in [0.3, 0.4) is 0 Å². The first-order chi connectivity index (χ1) is 18.0. The van der Waals surface area contributed by atoms with Gasteiger partial charge in [0.15, 0.2) is 0 Å². The Bertz CT molecular complexity index is 1030. The van der Waals surface area contributed by atoms with E-state index in [2.05, 4.69) is 16.0 Å². The van der Waals surface area contributed by atoms with Gasteiger partial charge < -0.3 is 26.0 Å². The summed E-state index contributed by atoms with van der Waals surface area (Å²) in [4.78, 5) is 41.4. The topological polar surface area (TPSA) is 111 Å². The minimum absolute atomic E-state index is 0.0648. The van der Waals surface area contributed by atoms with Gasteiger partial charge in [-0.3, -0.25) is 14.4 Å². The van der Waals surface area contributed by atoms with Crippen LogP contribution >= 0.6 is 0 Å². The Morgan fingerprint density at radius 1 is 0.919 bits per heavy atom. The molecule has 4 atom stereocenters. The number of likely N-dealkylation sites (tertiary alicyclic amines) is 1. The first-order valence-electron chi connectivity index (χ1n) is 13.4. The number of aliphatic hydroxyl groups is 1. The van der Waals surface area contributed by atoms with Crippen LogP contribution in [0, 0.1) is 0 Å². The number of amides is 3. The van der Waals surface area contributed by atoms with Crippen molar-refractivity contribution in [1.82, 2.24) is 20.9 Å². The monoisotopic (exact) mass is 506 g/mol. The molecule has 0 unspecified atom stereocenters. The maximum absolute atomic E-state index is 13.5. The second-order valence-corrected chi connectivity index (χ2v) is 10.1. The molecule has 0 saturated carbocycles. The molecule has 2 aliphatic heterocycles. The van der Waals surface area contributed by atoms with Crippen LogP contribution in [0.15, 0.2) is 60.7 Å². The highest BCUT2D eigenvalue weighted by atomic mass is 16.3. The summed E-state index contributed by atoms with van der Waals surface area (Å²) in [6, 6.07) is 17.8. The van der Waals surface area contributed by atoms with Crippen molar-refractivity contribution in [3.8, 4) is 0 Å². The van der Waals surface area contributed by atoms with Gasteiger partial charge in [0.1, 0.15) is 6.04 Å². The van der Waals surface area contributed by atoms with Gasteiger partial charge in [-0.15, -0.1) is 0 Å². The van der Waals surface area contributed by atoms with Gasteiger partial charge in [0.25, 0.3) is 0 Å². The van der Waals surface area contributed by atoms with E-state index in [1.165, 1.54) is 0 Å². The van der Waals surface area contributed by atoms with Crippen LogP contribution in [0.1, 0.15) is 43.2 Å². The third-order valence-corrected chi connectivity index (χ3v) is 7.27. The van der Waals surface area contributed by atoms with Crippen LogP contribution in [0.5, 0.6) is 0 Å². The Morgan fingerprint density at radius 2 is 1.59 bits per heavy atom. The van der Waals surface area contributed by atoms with Crippen molar-refractivity contribution in [3.05, 3.63) is 71.8 Å². The maximum Gasteiger partial charge on any atom is 0.245 e. The lowest BCUT2D eigenvalue weighted by Gasteiger charge is -2.29. The van der Waals surface area contributed by atoms with E-state index in [0.29, 0.717) is 19.4 Å². The first kappa shape index (κ1) is 26.8. The van der Waals surface area contributed by atoms with Gasteiger partial charge in [-0.2, -0.15) is 0 Å². The normalized spacial score (nSPS) is 20.8. The number of nitrogens with zero attached hydrogens (tertiary/aromatic N) is 1. The molecular weight excluding hydrogens is 468 g/mol. The molecular formula is C29H38N4O4. The molecule has 198 valence electrons. The fraction of sp³-hybridized carbons (Fsp3) is 0.483. The molecule has 2 fully saturated rings. The van der Waals surface area contributed by atoms with E-state index in [1.807, 2.05) is 60.7 Å². The highest BCUT2D eigenvalue weighted by molar-refractivity contribution is 5.89. The van der Waals surface area contributed by atoms with Gasteiger partial charge in [0.2, 0.25) is 17.7 Å². The number of hydrogen-bond acceptors (Lipinski definition) is 5. The summed E-state index contributed by atoms with van der Waals surface area (Å²) in [6.07, 6.45) is 4.28. The number of carbonyl (C=O) groups excluding carboxylic acids is 3. The predicted octanol–water partition coefficient (Wildman–Crippen LogP) is 1.57. The van der Waals surface area contributed by atoms with Crippen LogP contribution in [-0.2, 0) is 27.2 Å². The number of carbonyl (C=O) groups is 3. The first-order valence-corrected chi connectivity index (χ1v) is 13.4. The molecule has 37 heavy (non-hydrogen) atoms. The Balaban J connectivity index is 1.46. The summed E-state index contributed by atoms with van der Waals surface area (Å²) >= 11 is 0. The summed E-state index contributed by atoms with van der Waals surface area (Å²) in [5.41, 5.74) is 1.97. The van der Waals surface area contributed by atoms with Gasteiger partial charge in [-0.05, 0) is 49.8 Å². The number of rotatable bonds is 11. The number of aliphatic hydroxyl groups excluding tert-OH is 1. The standard InChI is InChI=1S/C29H38N4O4/c34-20-24-13-8-16-33(24)29(37)26(18-22-11-5-2-6-12-22)32-27(35)19-23(17-21-9-3-1-4-10-21)31-28(36)25-14-7-15-30-25/h1-6,9-12,23-26,30,34H,7-8,13-20H2,(H,31,36)(H,32,35)/t23-,24-,25-,26+/m0/s1. The summed E-state index contributed by atoms with van der Waals surface area (Å²) in [5.74, 6) is -0.548. The summed E-state index contributed by atoms with van der Waals surface area (Å²) in [5, 5.41) is 19.0. The fourth-order valence-corrected chi connectivity index (χ4v) is 5.33. The minimum Gasteiger partial charge on any atom is -0.394 e. The SMILES string of the molecule is O=C(C[C@H](Cc1ccccc1)NC(=O)[C@@H]1CCCN1)N[C@H](Cc1ccccc1)C(=O)N1CCC[C@H]1CO. The third kappa shape index (κ3) is 7.63. The van der Waals surface area contributed by atoms with Crippen LogP contribution in [0.4, 0.5) is 0 Å². The molecule has 8 nitrogen and oxygen atoms in total. The number of hydrogen-bond donors (Lipinski definition) is 4. The fourth-order valence-electron chi connectivity index (χ4n) is 5.33. The largest absolute Gasteiger partial charge is 0.394 e. The average molecular weight is 507 g/mol. The summed E-state index contributed by atoms with van der Waals surface area (Å²) < 4.78 is 0. The van der Waals surface area contributed by atoms with Crippen molar-refractivity contribution in [3.63, 3.8) is 0 Å². The molecule has 4 rings (SSSR count). The molecule has 4 N–H and O–H groups in total. The molecule has 2 aromatic carbocycles. The van der Waals surface area contributed by atoms with Crippen molar-refractivity contribution in [2.45, 2.75) is 69.1 Å². The zero-order valence-corrected chi connectivity index (χ0v) is 21.3. The van der Waals surface area contributed by atoms with E-state index in [0.717, 1.165) is 43.4 Å². The van der Waals surface area contributed by atoms with Crippen LogP contribution < -0.4 is 16.0 Å². The number of benzene rings is 2. The van der Waals surface area contributed by atoms with E-state index in [1.54, 1.807) is 4.90 Å². The second-order valence-electron chi connectivity index (χ2n) is 10.1. The lowest BCUT2D eigenvalue weighted by molar-refractivity contribution is -0.138. The highest BCUT2D eigenvalue weighted by Crippen LogP contribution is 2.19. The molecule has 2 aromatic rings. The third-order valence-electron chi connectivity index (χ3n) is 7.27. The predicted molar refractivity (Wildman–Crippen MR) is 142 cm³/mol. The van der Waals surface area contributed by atoms with E-state index in [4.69, 9.17) is 0 Å². The molecule has 0 bridgehead atoms. The number of nitrogens with one attached hydrogen (secondary N) is 3. The van der Waals surface area contributed by atoms with E-state index < -0.39 is 12.1 Å². The maximum atomic E-state index is 13.5. The molecule has 2 saturated heterocycles. The highest BCUT2D eigenvalue weighted by Gasteiger charge is 2.34. The van der Waals surface area contributed by atoms with Crippen molar-refractivity contribution in [2.24, 2.45) is 0 Å². The van der Waals surface area contributed by atoms with Crippen LogP contribution in [0.2, 0.25) is 0 Å². The molecule has 0 radical (unpaired) electrons. The summed E-state index contributed by atoms with van der Waals surface area (Å²) in [6.45, 7) is 1.31. The lowest BCUT2D eigenvalue weighted by atomic mass is 10.0. The van der Waals surface area contributed by atoms with Crippen LogP contribution in [-0.4, -0.2) is 71.6 Å². The average Bonchev–Trinajstić information content (AvgIpc) is 3.61. The lowest BCUT2D eigenvalue weighted by Crippen LogP contribution is -2.53. The zero-order chi connectivity index (χ0) is 26.0. The molecule has 2 aliphatic rings. The van der Waals surface area contributed by atoms with Gasteiger partial charge in [0, 0.05) is 25.4 Å². The molecule has 0 spiro atoms. The quantitative estimate of drug-likeness (QED) is 0.370. The minimum atomic E-state index is -0.744. The van der Waals surface area contributed by atoms with Crippen LogP contribution in [0.25, 0.3) is 0 Å². The summed E-state index contributed by atoms with van der Waals surface area (Å²) in [7, 11) is 0. The smallest absolute Gasteiger partial charge is 0.245 e. The zero-order valence-electron chi connectivity index (χ0n) is 21.3. The van der Waals surface area contributed by atoms with Crippen molar-refractivity contribution < 1.29 is 19.5 Å². The molecule has 2 heterocycles. The van der Waals surface area contributed by atoms with Gasteiger partial charge >= 0.3 is 0 Å².